The summed E-state index contributed by atoms with van der Waals surface area (Å²) in [5.74, 6) is 0.184. The van der Waals surface area contributed by atoms with Crippen LogP contribution in [0.4, 0.5) is 16.2 Å². The fourth-order valence-corrected chi connectivity index (χ4v) is 3.56. The predicted molar refractivity (Wildman–Crippen MR) is 120 cm³/mol. The summed E-state index contributed by atoms with van der Waals surface area (Å²) in [6.07, 6.45) is 2.15. The van der Waals surface area contributed by atoms with Crippen molar-refractivity contribution in [3.63, 3.8) is 0 Å². The first-order valence-corrected chi connectivity index (χ1v) is 10.4. The zero-order chi connectivity index (χ0) is 22.3. The second kappa shape index (κ2) is 9.82. The number of rotatable bonds is 7. The van der Waals surface area contributed by atoms with Gasteiger partial charge in [-0.2, -0.15) is 0 Å². The topological polar surface area (TPSA) is 94.9 Å². The number of hydrogen-bond donors (Lipinski definition) is 2. The minimum atomic E-state index is -0.364. The van der Waals surface area contributed by atoms with Crippen LogP contribution in [0.25, 0.3) is 0 Å². The number of furan rings is 1. The predicted octanol–water partition coefficient (Wildman–Crippen LogP) is 2.70. The van der Waals surface area contributed by atoms with E-state index in [-0.39, 0.29) is 30.9 Å². The molecule has 0 bridgehead atoms. The highest BCUT2D eigenvalue weighted by atomic mass is 16.3. The van der Waals surface area contributed by atoms with Gasteiger partial charge in [-0.25, -0.2) is 4.79 Å². The molecule has 1 aromatic heterocycles. The molecule has 0 fully saturated rings. The van der Waals surface area contributed by atoms with Gasteiger partial charge in [0.2, 0.25) is 11.8 Å². The van der Waals surface area contributed by atoms with Crippen LogP contribution in [0.1, 0.15) is 11.3 Å². The summed E-state index contributed by atoms with van der Waals surface area (Å²) in [6, 6.07) is 19.9. The van der Waals surface area contributed by atoms with Crippen LogP contribution in [0, 0.1) is 0 Å². The van der Waals surface area contributed by atoms with E-state index in [9.17, 15) is 14.4 Å². The summed E-state index contributed by atoms with van der Waals surface area (Å²) >= 11 is 0. The number of nitrogens with one attached hydrogen (secondary N) is 2. The van der Waals surface area contributed by atoms with E-state index < -0.39 is 0 Å². The Bertz CT molecular complexity index is 1080. The van der Waals surface area contributed by atoms with E-state index in [4.69, 9.17) is 4.42 Å². The molecule has 0 unspecified atom stereocenters. The van der Waals surface area contributed by atoms with Crippen LogP contribution in [-0.2, 0) is 22.6 Å². The summed E-state index contributed by atoms with van der Waals surface area (Å²) in [5.41, 5.74) is 2.08. The lowest BCUT2D eigenvalue weighted by atomic mass is 10.1. The fraction of sp³-hybridized carbons (Fsp3) is 0.208. The molecule has 0 spiro atoms. The van der Waals surface area contributed by atoms with Crippen LogP contribution >= 0.6 is 0 Å². The summed E-state index contributed by atoms with van der Waals surface area (Å²) in [6.45, 7) is 0.503. The van der Waals surface area contributed by atoms with Crippen molar-refractivity contribution in [3.05, 3.63) is 84.3 Å². The van der Waals surface area contributed by atoms with Crippen molar-refractivity contribution in [2.24, 2.45) is 0 Å². The van der Waals surface area contributed by atoms with Crippen LogP contribution < -0.4 is 20.4 Å². The van der Waals surface area contributed by atoms with Gasteiger partial charge in [-0.05, 0) is 29.8 Å². The molecule has 2 N–H and O–H groups in total. The third-order valence-electron chi connectivity index (χ3n) is 5.16. The van der Waals surface area contributed by atoms with Crippen LogP contribution in [-0.4, -0.2) is 37.5 Å². The van der Waals surface area contributed by atoms with Gasteiger partial charge in [0.25, 0.3) is 0 Å². The molecule has 164 valence electrons. The molecule has 8 nitrogen and oxygen atoms in total. The number of amides is 4. The Morgan fingerprint density at radius 2 is 1.66 bits per heavy atom. The second-order valence-electron chi connectivity index (χ2n) is 7.38. The number of anilines is 2. The lowest BCUT2D eigenvalue weighted by Crippen LogP contribution is -2.53. The zero-order valence-electron chi connectivity index (χ0n) is 17.5. The van der Waals surface area contributed by atoms with Gasteiger partial charge in [0, 0.05) is 19.5 Å². The van der Waals surface area contributed by atoms with Gasteiger partial charge in [-0.3, -0.25) is 19.4 Å². The number of hydrogen-bond acceptors (Lipinski definition) is 4. The minimum absolute atomic E-state index is 0.118. The highest BCUT2D eigenvalue weighted by Crippen LogP contribution is 2.33. The van der Waals surface area contributed by atoms with Crippen LogP contribution in [0.2, 0.25) is 0 Å². The van der Waals surface area contributed by atoms with Gasteiger partial charge in [-0.15, -0.1) is 0 Å². The Labute approximate surface area is 185 Å². The molecule has 0 aliphatic carbocycles. The number of benzene rings is 2. The lowest BCUT2D eigenvalue weighted by Gasteiger charge is -2.35. The molecule has 4 amide bonds. The Morgan fingerprint density at radius 3 is 2.41 bits per heavy atom. The van der Waals surface area contributed by atoms with Crippen molar-refractivity contribution >= 4 is 29.2 Å². The van der Waals surface area contributed by atoms with Gasteiger partial charge >= 0.3 is 6.03 Å². The van der Waals surface area contributed by atoms with Crippen molar-refractivity contribution in [2.75, 3.05) is 29.4 Å². The van der Waals surface area contributed by atoms with Crippen molar-refractivity contribution in [1.82, 2.24) is 10.6 Å². The third kappa shape index (κ3) is 4.97. The Kier molecular flexibility index (Phi) is 6.50. The maximum atomic E-state index is 12.9. The number of carbonyl (C=O) groups excluding carboxylic acids is 3. The van der Waals surface area contributed by atoms with E-state index in [1.165, 1.54) is 9.80 Å². The Hall–Kier alpha value is -4.07. The first-order valence-electron chi connectivity index (χ1n) is 10.4. The molecule has 2 heterocycles. The van der Waals surface area contributed by atoms with Crippen LogP contribution in [0.5, 0.6) is 0 Å². The van der Waals surface area contributed by atoms with Crippen molar-refractivity contribution < 1.29 is 18.8 Å². The SMILES string of the molecule is O=C(CN1C(=O)CN(C(=O)NCc2ccccc2)c2ccccc21)NCCc1ccco1. The van der Waals surface area contributed by atoms with Gasteiger partial charge in [0.1, 0.15) is 18.8 Å². The standard InChI is InChI=1S/C24H24N4O4/c29-22(25-13-12-19-9-6-14-32-19)16-27-20-10-4-5-11-21(20)28(17-23(27)30)24(31)26-15-18-7-2-1-3-8-18/h1-11,14H,12-13,15-17H2,(H,25,29)(H,26,31). The first-order chi connectivity index (χ1) is 15.6. The highest BCUT2D eigenvalue weighted by molar-refractivity contribution is 6.12. The molecule has 4 rings (SSSR count). The number of urea groups is 1. The van der Waals surface area contributed by atoms with E-state index in [1.54, 1.807) is 36.6 Å². The normalized spacial score (nSPS) is 12.9. The smallest absolute Gasteiger partial charge is 0.322 e. The number of carbonyl (C=O) groups is 3. The average molecular weight is 432 g/mol. The molecule has 0 saturated carbocycles. The molecular weight excluding hydrogens is 408 g/mol. The number of fused-ring (bicyclic) bond motifs is 1. The minimum Gasteiger partial charge on any atom is -0.469 e. The molecular formula is C24H24N4O4. The molecule has 32 heavy (non-hydrogen) atoms. The van der Waals surface area contributed by atoms with Gasteiger partial charge in [0.05, 0.1) is 17.6 Å². The molecule has 1 aliphatic heterocycles. The van der Waals surface area contributed by atoms with Crippen molar-refractivity contribution in [2.45, 2.75) is 13.0 Å². The molecule has 8 heteroatoms. The molecule has 3 aromatic rings. The summed E-state index contributed by atoms with van der Waals surface area (Å²) in [5, 5.41) is 5.66. The molecule has 0 saturated heterocycles. The maximum Gasteiger partial charge on any atom is 0.322 e. The summed E-state index contributed by atoms with van der Waals surface area (Å²) in [7, 11) is 0. The Morgan fingerprint density at radius 1 is 0.906 bits per heavy atom. The summed E-state index contributed by atoms with van der Waals surface area (Å²) < 4.78 is 5.25. The lowest BCUT2D eigenvalue weighted by molar-refractivity contribution is -0.123. The highest BCUT2D eigenvalue weighted by Gasteiger charge is 2.33. The van der Waals surface area contributed by atoms with E-state index >= 15 is 0 Å². The molecule has 0 radical (unpaired) electrons. The molecule has 1 aliphatic rings. The first kappa shape index (κ1) is 21.2. The average Bonchev–Trinajstić information content (AvgIpc) is 3.33. The van der Waals surface area contributed by atoms with Crippen LogP contribution in [0.15, 0.2) is 77.4 Å². The van der Waals surface area contributed by atoms with Gasteiger partial charge in [-0.1, -0.05) is 42.5 Å². The fourth-order valence-electron chi connectivity index (χ4n) is 3.56. The second-order valence-corrected chi connectivity index (χ2v) is 7.38. The quantitative estimate of drug-likeness (QED) is 0.600. The monoisotopic (exact) mass is 432 g/mol. The molecule has 0 atom stereocenters. The number of para-hydroxylation sites is 2. The Balaban J connectivity index is 1.40. The van der Waals surface area contributed by atoms with E-state index in [2.05, 4.69) is 10.6 Å². The van der Waals surface area contributed by atoms with Gasteiger partial charge < -0.3 is 15.1 Å². The van der Waals surface area contributed by atoms with Crippen molar-refractivity contribution in [3.8, 4) is 0 Å². The van der Waals surface area contributed by atoms with Gasteiger partial charge in [0.15, 0.2) is 0 Å². The largest absolute Gasteiger partial charge is 0.469 e. The van der Waals surface area contributed by atoms with E-state index in [0.29, 0.717) is 30.9 Å². The van der Waals surface area contributed by atoms with Crippen LogP contribution in [0.3, 0.4) is 0 Å². The van der Waals surface area contributed by atoms with E-state index in [1.807, 2.05) is 36.4 Å². The molecule has 2 aromatic carbocycles. The van der Waals surface area contributed by atoms with Crippen molar-refractivity contribution in [1.29, 1.82) is 0 Å². The van der Waals surface area contributed by atoms with E-state index in [0.717, 1.165) is 11.3 Å². The maximum absolute atomic E-state index is 12.9. The third-order valence-corrected chi connectivity index (χ3v) is 5.16. The zero-order valence-corrected chi connectivity index (χ0v) is 17.5. The number of nitrogens with zero attached hydrogens (tertiary/aromatic N) is 2. The summed E-state index contributed by atoms with van der Waals surface area (Å²) in [4.78, 5) is 40.9.